The topological polar surface area (TPSA) is 84.9 Å². The third-order valence-electron chi connectivity index (χ3n) is 4.21. The van der Waals surface area contributed by atoms with Crippen molar-refractivity contribution in [1.29, 1.82) is 0 Å². The van der Waals surface area contributed by atoms with Gasteiger partial charge in [0.1, 0.15) is 19.0 Å². The molecule has 1 aliphatic heterocycles. The first-order chi connectivity index (χ1) is 13.7. The Kier molecular flexibility index (Phi) is 5.90. The summed E-state index contributed by atoms with van der Waals surface area (Å²) < 4.78 is 63.0. The number of fused-ring (bicyclic) bond motifs is 1. The number of carbonyl (C=O) groups is 2. The third kappa shape index (κ3) is 4.74. The molecule has 6 nitrogen and oxygen atoms in total. The molecule has 0 saturated carbocycles. The quantitative estimate of drug-likeness (QED) is 0.443. The minimum absolute atomic E-state index is 0.125. The maximum Gasteiger partial charge on any atom is 0.492 e. The smallest absolute Gasteiger partial charge is 0.460 e. The molecule has 0 radical (unpaired) electrons. The van der Waals surface area contributed by atoms with E-state index >= 15 is 0 Å². The fourth-order valence-corrected chi connectivity index (χ4v) is 2.86. The first kappa shape index (κ1) is 20.8. The molecule has 0 atom stereocenters. The molecule has 11 heteroatoms. The van der Waals surface area contributed by atoms with Crippen LogP contribution in [0.25, 0.3) is 0 Å². The van der Waals surface area contributed by atoms with Crippen molar-refractivity contribution < 1.29 is 41.6 Å². The van der Waals surface area contributed by atoms with Crippen LogP contribution in [0.5, 0.6) is 0 Å². The van der Waals surface area contributed by atoms with Crippen molar-refractivity contribution in [2.75, 3.05) is 6.54 Å². The van der Waals surface area contributed by atoms with Crippen LogP contribution in [0.3, 0.4) is 0 Å². The number of halogens is 4. The highest BCUT2D eigenvalue weighted by atomic mass is 19.4. The molecule has 1 amide bonds. The molecule has 29 heavy (non-hydrogen) atoms. The van der Waals surface area contributed by atoms with Gasteiger partial charge in [-0.3, -0.25) is 9.59 Å². The zero-order valence-corrected chi connectivity index (χ0v) is 14.8. The fourth-order valence-electron chi connectivity index (χ4n) is 2.86. The number of esters is 1. The Bertz CT molecular complexity index is 933. The zero-order chi connectivity index (χ0) is 21.2. The summed E-state index contributed by atoms with van der Waals surface area (Å²) in [5, 5.41) is 11.8. The average Bonchev–Trinajstić information content (AvgIpc) is 3.05. The lowest BCUT2D eigenvalue weighted by Gasteiger charge is -2.17. The second-order valence-electron chi connectivity index (χ2n) is 6.19. The number of amides is 1. The van der Waals surface area contributed by atoms with Gasteiger partial charge in [-0.25, -0.2) is 4.39 Å². The van der Waals surface area contributed by atoms with Crippen molar-refractivity contribution in [1.82, 2.24) is 5.32 Å². The van der Waals surface area contributed by atoms with Gasteiger partial charge in [0.15, 0.2) is 0 Å². The monoisotopic (exact) mass is 411 g/mol. The highest BCUT2D eigenvalue weighted by Gasteiger charge is 2.44. The van der Waals surface area contributed by atoms with E-state index in [-0.39, 0.29) is 18.8 Å². The molecular formula is C18H14BF4NO5. The minimum atomic E-state index is -4.92. The van der Waals surface area contributed by atoms with Crippen LogP contribution in [0, 0.1) is 5.82 Å². The van der Waals surface area contributed by atoms with Crippen molar-refractivity contribution in [3.8, 4) is 0 Å². The molecule has 0 fully saturated rings. The minimum Gasteiger partial charge on any atom is -0.460 e. The Morgan fingerprint density at radius 2 is 1.86 bits per heavy atom. The van der Waals surface area contributed by atoms with E-state index in [4.69, 9.17) is 9.39 Å². The van der Waals surface area contributed by atoms with E-state index in [1.807, 2.05) is 0 Å². The van der Waals surface area contributed by atoms with Gasteiger partial charge in [0.2, 0.25) is 0 Å². The third-order valence-corrected chi connectivity index (χ3v) is 4.21. The van der Waals surface area contributed by atoms with E-state index < -0.39 is 54.1 Å². The van der Waals surface area contributed by atoms with E-state index in [2.05, 4.69) is 5.32 Å². The number of hydrogen-bond donors (Lipinski definition) is 2. The number of rotatable bonds is 5. The number of nitrogens with one attached hydrogen (secondary N) is 1. The van der Waals surface area contributed by atoms with Crippen LogP contribution in [0.1, 0.15) is 27.0 Å². The lowest BCUT2D eigenvalue weighted by Crippen LogP contribution is -2.39. The molecular weight excluding hydrogens is 397 g/mol. The van der Waals surface area contributed by atoms with Crippen LogP contribution in [0.4, 0.5) is 17.6 Å². The Labute approximate surface area is 162 Å². The van der Waals surface area contributed by atoms with Gasteiger partial charge < -0.3 is 19.7 Å². The molecule has 0 unspecified atom stereocenters. The van der Waals surface area contributed by atoms with E-state index in [1.165, 1.54) is 30.3 Å². The highest BCUT2D eigenvalue weighted by Crippen LogP contribution is 2.33. The van der Waals surface area contributed by atoms with E-state index in [9.17, 15) is 32.2 Å². The van der Waals surface area contributed by atoms with E-state index in [0.29, 0.717) is 5.56 Å². The average molecular weight is 411 g/mol. The standard InChI is InChI=1S/C18H14BF4NO5/c20-12-4-1-10(2-5-12)8-28-14(25)7-24-17(26)13-6-3-11-9-29-19(27)16(11)15(13)18(21,22)23/h1-6,27H,7-9H2,(H,24,26). The van der Waals surface area contributed by atoms with Crippen molar-refractivity contribution in [2.45, 2.75) is 19.4 Å². The lowest BCUT2D eigenvalue weighted by atomic mass is 9.74. The van der Waals surface area contributed by atoms with Crippen LogP contribution in [-0.2, 0) is 33.6 Å². The van der Waals surface area contributed by atoms with Gasteiger partial charge in [0.05, 0.1) is 17.7 Å². The Hall–Kier alpha value is -2.92. The van der Waals surface area contributed by atoms with Gasteiger partial charge in [0, 0.05) is 5.46 Å². The summed E-state index contributed by atoms with van der Waals surface area (Å²) in [6.07, 6.45) is -4.92. The van der Waals surface area contributed by atoms with Crippen LogP contribution >= 0.6 is 0 Å². The number of alkyl halides is 3. The van der Waals surface area contributed by atoms with Gasteiger partial charge >= 0.3 is 19.3 Å². The molecule has 2 N–H and O–H groups in total. The predicted molar refractivity (Wildman–Crippen MR) is 92.4 cm³/mol. The first-order valence-electron chi connectivity index (χ1n) is 8.37. The Morgan fingerprint density at radius 3 is 2.52 bits per heavy atom. The molecule has 2 aromatic carbocycles. The molecule has 0 bridgehead atoms. The van der Waals surface area contributed by atoms with Crippen molar-refractivity contribution in [3.63, 3.8) is 0 Å². The number of carbonyl (C=O) groups excluding carboxylic acids is 2. The predicted octanol–water partition coefficient (Wildman–Crippen LogP) is 1.54. The number of hydrogen-bond acceptors (Lipinski definition) is 5. The van der Waals surface area contributed by atoms with Gasteiger partial charge in [-0.05, 0) is 29.3 Å². The molecule has 0 aromatic heterocycles. The van der Waals surface area contributed by atoms with Crippen LogP contribution in [-0.4, -0.2) is 30.6 Å². The normalized spacial score (nSPS) is 13.2. The van der Waals surface area contributed by atoms with Crippen LogP contribution < -0.4 is 10.8 Å². The molecule has 0 aliphatic carbocycles. The van der Waals surface area contributed by atoms with Crippen molar-refractivity contribution in [3.05, 3.63) is 64.5 Å². The molecule has 152 valence electrons. The van der Waals surface area contributed by atoms with Crippen molar-refractivity contribution >= 4 is 24.5 Å². The largest absolute Gasteiger partial charge is 0.492 e. The second-order valence-corrected chi connectivity index (χ2v) is 6.19. The lowest BCUT2D eigenvalue weighted by molar-refractivity contribution is -0.143. The summed E-state index contributed by atoms with van der Waals surface area (Å²) in [6, 6.07) is 7.36. The fraction of sp³-hybridized carbons (Fsp3) is 0.222. The van der Waals surface area contributed by atoms with Gasteiger partial charge in [0.25, 0.3) is 5.91 Å². The van der Waals surface area contributed by atoms with Crippen molar-refractivity contribution in [2.24, 2.45) is 0 Å². The summed E-state index contributed by atoms with van der Waals surface area (Å²) in [6.45, 7) is -1.07. The zero-order valence-electron chi connectivity index (χ0n) is 14.8. The molecule has 0 spiro atoms. The molecule has 2 aromatic rings. The summed E-state index contributed by atoms with van der Waals surface area (Å²) in [7, 11) is -1.80. The Balaban J connectivity index is 1.67. The number of ether oxygens (including phenoxy) is 1. The number of benzene rings is 2. The maximum atomic E-state index is 13.5. The molecule has 1 aliphatic rings. The van der Waals surface area contributed by atoms with Gasteiger partial charge in [-0.15, -0.1) is 0 Å². The van der Waals surface area contributed by atoms with E-state index in [1.54, 1.807) is 0 Å². The van der Waals surface area contributed by atoms with E-state index in [0.717, 1.165) is 6.07 Å². The summed E-state index contributed by atoms with van der Waals surface area (Å²) in [4.78, 5) is 24.0. The summed E-state index contributed by atoms with van der Waals surface area (Å²) >= 11 is 0. The molecule has 1 heterocycles. The summed E-state index contributed by atoms with van der Waals surface area (Å²) in [5.41, 5.74) is -1.94. The van der Waals surface area contributed by atoms with Gasteiger partial charge in [-0.2, -0.15) is 13.2 Å². The Morgan fingerprint density at radius 1 is 1.17 bits per heavy atom. The van der Waals surface area contributed by atoms with Crippen LogP contribution in [0.15, 0.2) is 36.4 Å². The maximum absolute atomic E-state index is 13.5. The van der Waals surface area contributed by atoms with Gasteiger partial charge in [-0.1, -0.05) is 18.2 Å². The molecule has 3 rings (SSSR count). The SMILES string of the molecule is O=C(CNC(=O)c1ccc2c(c1C(F)(F)F)B(O)OC2)OCc1ccc(F)cc1. The highest BCUT2D eigenvalue weighted by molar-refractivity contribution is 6.62. The first-order valence-corrected chi connectivity index (χ1v) is 8.37. The second kappa shape index (κ2) is 8.22. The van der Waals surface area contributed by atoms with Crippen LogP contribution in [0.2, 0.25) is 0 Å². The molecule has 0 saturated heterocycles. The summed E-state index contributed by atoms with van der Waals surface area (Å²) in [5.74, 6) is -2.50.